The molecule has 2 heterocycles. The normalized spacial score (nSPS) is 11.7. The van der Waals surface area contributed by atoms with Crippen LogP contribution in [0.15, 0.2) is 121 Å². The van der Waals surface area contributed by atoms with Gasteiger partial charge in [-0.15, -0.1) is 0 Å². The monoisotopic (exact) mass is 586 g/mol. The summed E-state index contributed by atoms with van der Waals surface area (Å²) in [6, 6.07) is 47.1. The molecule has 0 fully saturated rings. The summed E-state index contributed by atoms with van der Waals surface area (Å²) in [5, 5.41) is 30.6. The van der Waals surface area contributed by atoms with Crippen LogP contribution in [-0.4, -0.2) is 9.13 Å². The number of fused-ring (bicyclic) bond motifs is 10. The second-order valence-corrected chi connectivity index (χ2v) is 12.2. The predicted molar refractivity (Wildman–Crippen MR) is 189 cm³/mol. The van der Waals surface area contributed by atoms with Crippen molar-refractivity contribution in [3.05, 3.63) is 144 Å². The van der Waals surface area contributed by atoms with Crippen molar-refractivity contribution in [2.75, 3.05) is 0 Å². The molecule has 0 atom stereocenters. The number of nitrogens with zero attached hydrogens (tertiary/aromatic N) is 4. The van der Waals surface area contributed by atoms with E-state index in [-0.39, 0.29) is 0 Å². The highest BCUT2D eigenvalue weighted by atomic mass is 15.0. The van der Waals surface area contributed by atoms with Crippen LogP contribution in [0.25, 0.3) is 76.5 Å². The van der Waals surface area contributed by atoms with Crippen molar-refractivity contribution < 1.29 is 0 Å². The molecule has 0 aliphatic rings. The van der Waals surface area contributed by atoms with Crippen molar-refractivity contribution in [1.82, 2.24) is 9.13 Å². The lowest BCUT2D eigenvalue weighted by Crippen LogP contribution is -2.04. The molecule has 0 aliphatic carbocycles. The SMILES string of the molecule is Cc1ccc2c(c1)c1c3ccccc3ccc1n2-c1cc(C#N)c(-n2c3ccc(C)cc3c3c4ccccc4ccc32)cc1C#N. The molecule has 0 bridgehead atoms. The van der Waals surface area contributed by atoms with E-state index in [0.29, 0.717) is 22.5 Å². The molecule has 0 spiro atoms. The van der Waals surface area contributed by atoms with Gasteiger partial charge in [0.05, 0.1) is 44.6 Å². The Morgan fingerprint density at radius 3 is 1.28 bits per heavy atom. The second kappa shape index (κ2) is 9.57. The van der Waals surface area contributed by atoms with Crippen molar-refractivity contribution in [2.45, 2.75) is 13.8 Å². The minimum Gasteiger partial charge on any atom is -0.308 e. The van der Waals surface area contributed by atoms with E-state index >= 15 is 0 Å². The van der Waals surface area contributed by atoms with Crippen molar-refractivity contribution in [3.8, 4) is 23.5 Å². The summed E-state index contributed by atoms with van der Waals surface area (Å²) >= 11 is 0. The summed E-state index contributed by atoms with van der Waals surface area (Å²) < 4.78 is 4.31. The Balaban J connectivity index is 1.40. The van der Waals surface area contributed by atoms with Gasteiger partial charge in [-0.1, -0.05) is 83.9 Å². The van der Waals surface area contributed by atoms with Crippen molar-refractivity contribution in [3.63, 3.8) is 0 Å². The smallest absolute Gasteiger partial charge is 0.101 e. The van der Waals surface area contributed by atoms with E-state index in [4.69, 9.17) is 0 Å². The first-order valence-electron chi connectivity index (χ1n) is 15.4. The number of aryl methyl sites for hydroxylation is 2. The van der Waals surface area contributed by atoms with Gasteiger partial charge in [-0.05, 0) is 83.9 Å². The summed E-state index contributed by atoms with van der Waals surface area (Å²) in [7, 11) is 0. The maximum absolute atomic E-state index is 10.7. The molecule has 7 aromatic carbocycles. The fraction of sp³-hybridized carbons (Fsp3) is 0.0476. The summed E-state index contributed by atoms with van der Waals surface area (Å²) in [5.41, 5.74) is 8.76. The highest BCUT2D eigenvalue weighted by Crippen LogP contribution is 2.41. The lowest BCUT2D eigenvalue weighted by Gasteiger charge is -2.16. The van der Waals surface area contributed by atoms with Crippen LogP contribution in [0, 0.1) is 36.5 Å². The molecule has 0 radical (unpaired) electrons. The van der Waals surface area contributed by atoms with E-state index in [9.17, 15) is 10.5 Å². The highest BCUT2D eigenvalue weighted by molar-refractivity contribution is 6.22. The third-order valence-corrected chi connectivity index (χ3v) is 9.46. The predicted octanol–water partition coefficient (Wildman–Crippen LogP) is 10.5. The van der Waals surface area contributed by atoms with Gasteiger partial charge in [-0.25, -0.2) is 0 Å². The molecule has 4 nitrogen and oxygen atoms in total. The maximum Gasteiger partial charge on any atom is 0.101 e. The molecule has 0 saturated carbocycles. The van der Waals surface area contributed by atoms with Crippen molar-refractivity contribution >= 4 is 65.2 Å². The van der Waals surface area contributed by atoms with Crippen LogP contribution in [0.4, 0.5) is 0 Å². The number of benzene rings is 7. The summed E-state index contributed by atoms with van der Waals surface area (Å²) in [5.74, 6) is 0. The van der Waals surface area contributed by atoms with Gasteiger partial charge in [0, 0.05) is 21.5 Å². The molecular weight excluding hydrogens is 560 g/mol. The highest BCUT2D eigenvalue weighted by Gasteiger charge is 2.22. The van der Waals surface area contributed by atoms with Crippen LogP contribution in [-0.2, 0) is 0 Å². The van der Waals surface area contributed by atoms with E-state index in [0.717, 1.165) is 54.4 Å². The zero-order valence-corrected chi connectivity index (χ0v) is 25.3. The van der Waals surface area contributed by atoms with Gasteiger partial charge in [0.1, 0.15) is 12.1 Å². The molecule has 9 rings (SSSR count). The Morgan fingerprint density at radius 2 is 0.848 bits per heavy atom. The van der Waals surface area contributed by atoms with Crippen molar-refractivity contribution in [2.24, 2.45) is 0 Å². The van der Waals surface area contributed by atoms with Crippen LogP contribution in [0.3, 0.4) is 0 Å². The summed E-state index contributed by atoms with van der Waals surface area (Å²) in [4.78, 5) is 0. The zero-order valence-electron chi connectivity index (χ0n) is 25.3. The van der Waals surface area contributed by atoms with Crippen LogP contribution in [0.5, 0.6) is 0 Å². The molecule has 0 unspecified atom stereocenters. The maximum atomic E-state index is 10.7. The van der Waals surface area contributed by atoms with Crippen LogP contribution in [0.2, 0.25) is 0 Å². The number of rotatable bonds is 2. The molecule has 0 N–H and O–H groups in total. The quantitative estimate of drug-likeness (QED) is 0.202. The third kappa shape index (κ3) is 3.53. The van der Waals surface area contributed by atoms with Gasteiger partial charge < -0.3 is 9.13 Å². The fourth-order valence-electron chi connectivity index (χ4n) is 7.45. The third-order valence-electron chi connectivity index (χ3n) is 9.46. The number of hydrogen-bond donors (Lipinski definition) is 0. The van der Waals surface area contributed by atoms with Gasteiger partial charge in [-0.2, -0.15) is 10.5 Å². The summed E-state index contributed by atoms with van der Waals surface area (Å²) in [6.45, 7) is 4.21. The van der Waals surface area contributed by atoms with Crippen LogP contribution in [0.1, 0.15) is 22.3 Å². The summed E-state index contributed by atoms with van der Waals surface area (Å²) in [6.07, 6.45) is 0. The van der Waals surface area contributed by atoms with E-state index in [1.54, 1.807) is 0 Å². The lowest BCUT2D eigenvalue weighted by molar-refractivity contribution is 1.12. The van der Waals surface area contributed by atoms with E-state index in [1.165, 1.54) is 21.9 Å². The first kappa shape index (κ1) is 26.1. The van der Waals surface area contributed by atoms with Gasteiger partial charge in [0.2, 0.25) is 0 Å². The van der Waals surface area contributed by atoms with E-state index in [1.807, 2.05) is 12.1 Å². The average molecular weight is 587 g/mol. The average Bonchev–Trinajstić information content (AvgIpc) is 3.59. The van der Waals surface area contributed by atoms with E-state index < -0.39 is 0 Å². The molecule has 4 heteroatoms. The second-order valence-electron chi connectivity index (χ2n) is 12.2. The number of hydrogen-bond acceptors (Lipinski definition) is 2. The van der Waals surface area contributed by atoms with Gasteiger partial charge in [0.15, 0.2) is 0 Å². The minimum absolute atomic E-state index is 0.504. The zero-order chi connectivity index (χ0) is 31.1. The Morgan fingerprint density at radius 1 is 0.435 bits per heavy atom. The van der Waals surface area contributed by atoms with Crippen LogP contribution >= 0.6 is 0 Å². The first-order valence-corrected chi connectivity index (χ1v) is 15.4. The molecule has 0 amide bonds. The Hall–Kier alpha value is -6.36. The van der Waals surface area contributed by atoms with Crippen LogP contribution < -0.4 is 0 Å². The molecule has 0 aliphatic heterocycles. The number of aromatic nitrogens is 2. The van der Waals surface area contributed by atoms with E-state index in [2.05, 4.69) is 144 Å². The molecule has 9 aromatic rings. The molecule has 46 heavy (non-hydrogen) atoms. The van der Waals surface area contributed by atoms with Gasteiger partial charge >= 0.3 is 0 Å². The first-order chi connectivity index (χ1) is 22.6. The Bertz CT molecular complexity index is 2650. The van der Waals surface area contributed by atoms with Crippen molar-refractivity contribution in [1.29, 1.82) is 10.5 Å². The Kier molecular flexibility index (Phi) is 5.42. The largest absolute Gasteiger partial charge is 0.308 e. The van der Waals surface area contributed by atoms with Gasteiger partial charge in [0.25, 0.3) is 0 Å². The Labute approximate surface area is 265 Å². The van der Waals surface area contributed by atoms with Gasteiger partial charge in [-0.3, -0.25) is 0 Å². The molecular formula is C42H26N4. The number of nitriles is 2. The standard InChI is InChI=1S/C42H26N4/c1-25-11-15-35-33(19-25)41-31-9-5-3-7-27(31)13-17-37(41)45(35)39-21-30(24-44)40(22-29(39)23-43)46-36-16-12-26(2)20-34(36)42-32-10-6-4-8-28(32)14-18-38(42)46/h3-22H,1-2H3. The molecule has 2 aromatic heterocycles. The lowest BCUT2D eigenvalue weighted by atomic mass is 10.0. The topological polar surface area (TPSA) is 57.4 Å². The fourth-order valence-corrected chi connectivity index (χ4v) is 7.45. The molecule has 214 valence electrons. The minimum atomic E-state index is 0.504. The molecule has 0 saturated heterocycles.